The Bertz CT molecular complexity index is 2990. The number of fused-ring (bicyclic) bond motifs is 2. The minimum absolute atomic E-state index is 0.00302. The van der Waals surface area contributed by atoms with Crippen molar-refractivity contribution >= 4 is 82.5 Å². The summed E-state index contributed by atoms with van der Waals surface area (Å²) in [5.41, 5.74) is -1.56. The van der Waals surface area contributed by atoms with Gasteiger partial charge >= 0.3 is 6.18 Å². The van der Waals surface area contributed by atoms with Crippen LogP contribution in [0.1, 0.15) is 208 Å². The van der Waals surface area contributed by atoms with Crippen LogP contribution in [0.2, 0.25) is 0 Å². The lowest BCUT2D eigenvalue weighted by Crippen LogP contribution is -2.65. The van der Waals surface area contributed by atoms with Gasteiger partial charge in [0.05, 0.1) is 18.9 Å². The zero-order chi connectivity index (χ0) is 74.1. The Morgan fingerprint density at radius 3 is 1.79 bits per heavy atom. The number of halogens is 4. The van der Waals surface area contributed by atoms with Gasteiger partial charge in [-0.3, -0.25) is 57.5 Å². The quantitative estimate of drug-likeness (QED) is 0.205. The fourth-order valence-corrected chi connectivity index (χ4v) is 18.0. The van der Waals surface area contributed by atoms with E-state index in [9.17, 15) is 32.3 Å². The van der Waals surface area contributed by atoms with Crippen molar-refractivity contribution in [1.29, 1.82) is 0 Å². The van der Waals surface area contributed by atoms with Crippen LogP contribution in [0.25, 0.3) is 0 Å². The number of amides is 12. The van der Waals surface area contributed by atoms with Crippen LogP contribution in [0.3, 0.4) is 0 Å². The van der Waals surface area contributed by atoms with Gasteiger partial charge in [0.2, 0.25) is 70.9 Å². The Hall–Kier alpha value is -6.28. The van der Waals surface area contributed by atoms with Crippen molar-refractivity contribution in [3.63, 3.8) is 0 Å². The Balaban J connectivity index is 1.16. The number of nitrogens with one attached hydrogen (secondary N) is 3. The van der Waals surface area contributed by atoms with Crippen LogP contribution in [0, 0.1) is 35.5 Å². The van der Waals surface area contributed by atoms with Gasteiger partial charge in [-0.1, -0.05) is 85.5 Å². The standard InChI is InChI=1S/C73H116ClF3N12O12/c1-44(2)39-55-62(92)79-60(49-25-16-17-26-49)69(99)82(7)46(5)64(94)89-38-32-54(89)67(97)84(9)56(41-47-23-14-12-15-24-47)66(96)81(6)43-58(90)78-52(31-29-48-28-30-50(51(74)40-48)73(75,76)77)65(95)88-37-22-27-53(88)63(93)80-72(33-18-19-34-72)71(101)86(11)61(45(3)4)70(100)85(10)57(42-59(91)83(55)8)68(98)87-35-20-13-21-36-87/h44-57,60-61H,12-43H2,1-11H3,(H,78,90)(H,79,92)(H,80,93)/t46-,48?,50?,51?,52?,53-,54-,55-,56-,57-,60-,61-/m0/s1. The first-order chi connectivity index (χ1) is 47.7. The van der Waals surface area contributed by atoms with Gasteiger partial charge in [-0.25, -0.2) is 0 Å². The van der Waals surface area contributed by atoms with Gasteiger partial charge in [0.25, 0.3) is 0 Å². The fraction of sp³-hybridized carbons (Fsp3) is 0.836. The number of hydrogen-bond donors (Lipinski definition) is 3. The molecule has 4 saturated heterocycles. The monoisotopic (exact) mass is 1440 g/mol. The minimum atomic E-state index is -4.51. The van der Waals surface area contributed by atoms with Gasteiger partial charge in [-0.05, 0) is 146 Å². The predicted molar refractivity (Wildman–Crippen MR) is 372 cm³/mol. The Labute approximate surface area is 600 Å². The molecule has 101 heavy (non-hydrogen) atoms. The topological polar surface area (TPSA) is 270 Å². The minimum Gasteiger partial charge on any atom is -0.343 e. The van der Waals surface area contributed by atoms with E-state index in [2.05, 4.69) is 16.0 Å². The summed E-state index contributed by atoms with van der Waals surface area (Å²) < 4.78 is 42.1. The van der Waals surface area contributed by atoms with Crippen molar-refractivity contribution < 1.29 is 70.7 Å². The summed E-state index contributed by atoms with van der Waals surface area (Å²) in [5.74, 6) is -10.3. The fourth-order valence-electron chi connectivity index (χ4n) is 17.5. The average Bonchev–Trinajstić information content (AvgIpc) is 1.66. The second kappa shape index (κ2) is 35.0. The highest BCUT2D eigenvalue weighted by Gasteiger charge is 2.53. The van der Waals surface area contributed by atoms with Crippen molar-refractivity contribution in [2.75, 3.05) is 75.0 Å². The molecule has 0 aromatic heterocycles. The third kappa shape index (κ3) is 19.0. The summed E-state index contributed by atoms with van der Waals surface area (Å²) in [6.07, 6.45) is 7.03. The molecule has 4 unspecified atom stereocenters. The maximum Gasteiger partial charge on any atom is 0.393 e. The van der Waals surface area contributed by atoms with Crippen molar-refractivity contribution in [2.45, 2.75) is 279 Å². The maximum absolute atomic E-state index is 15.5. The first kappa shape index (κ1) is 80.4. The molecule has 568 valence electrons. The van der Waals surface area contributed by atoms with Crippen LogP contribution in [0.5, 0.6) is 0 Å². The van der Waals surface area contributed by atoms with E-state index in [-0.39, 0.29) is 107 Å². The average molecular weight is 1450 g/mol. The lowest BCUT2D eigenvalue weighted by Gasteiger charge is -2.45. The number of carbonyl (C=O) groups is 12. The van der Waals surface area contributed by atoms with Crippen LogP contribution in [0.15, 0.2) is 0 Å². The van der Waals surface area contributed by atoms with Crippen LogP contribution >= 0.6 is 11.6 Å². The molecule has 8 fully saturated rings. The maximum atomic E-state index is 15.5. The van der Waals surface area contributed by atoms with Gasteiger partial charge in [0.15, 0.2) is 0 Å². The summed E-state index contributed by atoms with van der Waals surface area (Å²) in [7, 11) is 8.76. The number of hydrogen-bond acceptors (Lipinski definition) is 12. The lowest BCUT2D eigenvalue weighted by molar-refractivity contribution is -0.182. The Morgan fingerprint density at radius 1 is 0.574 bits per heavy atom. The number of nitrogens with zero attached hydrogens (tertiary/aromatic N) is 9. The summed E-state index contributed by atoms with van der Waals surface area (Å²) in [6.45, 7) is 9.24. The molecule has 8 rings (SSSR count). The van der Waals surface area contributed by atoms with Crippen molar-refractivity contribution in [2.24, 2.45) is 35.5 Å². The molecule has 4 heterocycles. The van der Waals surface area contributed by atoms with Crippen LogP contribution in [-0.4, -0.2) is 261 Å². The highest BCUT2D eigenvalue weighted by atomic mass is 35.5. The molecule has 0 aromatic rings. The van der Waals surface area contributed by atoms with E-state index in [0.29, 0.717) is 58.0 Å². The van der Waals surface area contributed by atoms with Crippen molar-refractivity contribution in [3.8, 4) is 0 Å². The van der Waals surface area contributed by atoms with E-state index in [0.717, 1.165) is 51.4 Å². The first-order valence-electron chi connectivity index (χ1n) is 37.8. The highest BCUT2D eigenvalue weighted by Crippen LogP contribution is 2.44. The Morgan fingerprint density at radius 2 is 1.20 bits per heavy atom. The molecule has 3 N–H and O–H groups in total. The van der Waals surface area contributed by atoms with E-state index < -0.39 is 167 Å². The van der Waals surface area contributed by atoms with E-state index in [4.69, 9.17) is 11.6 Å². The number of rotatable bonds is 10. The third-order valence-corrected chi connectivity index (χ3v) is 24.4. The molecule has 0 bridgehead atoms. The molecule has 12 atom stereocenters. The van der Waals surface area contributed by atoms with Crippen molar-refractivity contribution in [3.05, 3.63) is 0 Å². The normalized spacial score (nSPS) is 31.5. The zero-order valence-corrected chi connectivity index (χ0v) is 62.6. The molecule has 0 radical (unpaired) electrons. The first-order valence-corrected chi connectivity index (χ1v) is 38.2. The lowest BCUT2D eigenvalue weighted by atomic mass is 9.78. The Kier molecular flexibility index (Phi) is 27.9. The third-order valence-electron chi connectivity index (χ3n) is 23.9. The molecule has 0 aromatic carbocycles. The van der Waals surface area contributed by atoms with E-state index in [1.54, 1.807) is 25.7 Å². The molecule has 1 spiro atoms. The molecule has 4 aliphatic carbocycles. The zero-order valence-electron chi connectivity index (χ0n) is 61.8. The predicted octanol–water partition coefficient (Wildman–Crippen LogP) is 6.24. The van der Waals surface area contributed by atoms with E-state index >= 15 is 38.4 Å². The molecule has 4 saturated carbocycles. The van der Waals surface area contributed by atoms with Crippen LogP contribution < -0.4 is 16.0 Å². The van der Waals surface area contributed by atoms with E-state index in [1.165, 1.54) is 81.5 Å². The largest absolute Gasteiger partial charge is 0.393 e. The second-order valence-corrected chi connectivity index (χ2v) is 32.3. The number of alkyl halides is 4. The summed E-state index contributed by atoms with van der Waals surface area (Å²) in [5, 5.41) is 7.72. The van der Waals surface area contributed by atoms with Gasteiger partial charge in [0, 0.05) is 73.8 Å². The molecule has 8 aliphatic rings. The summed E-state index contributed by atoms with van der Waals surface area (Å²) in [6, 6.07) is -10.7. The number of likely N-dealkylation sites (tertiary alicyclic amines) is 1. The second-order valence-electron chi connectivity index (χ2n) is 31.7. The molecule has 24 nitrogen and oxygen atoms in total. The van der Waals surface area contributed by atoms with Gasteiger partial charge in [-0.15, -0.1) is 11.6 Å². The van der Waals surface area contributed by atoms with E-state index in [1.807, 2.05) is 13.8 Å². The molecule has 12 amide bonds. The molecular formula is C73H116ClF3N12O12. The van der Waals surface area contributed by atoms with Crippen LogP contribution in [-0.2, 0) is 57.5 Å². The number of carbonyl (C=O) groups excluding carboxylic acids is 12. The van der Waals surface area contributed by atoms with Gasteiger partial charge in [-0.2, -0.15) is 13.2 Å². The SMILES string of the molecule is CC(C)C[C@H]1C(=O)N[C@@H](C2CCCC2)C(=O)N(C)[C@@H](C)C(=O)N2CC[C@H]2C(=O)N(C)[C@@H](CC2CCCCC2)C(=O)N(C)CC(=O)NC(CCC2CCC(C(F)(F)F)C(Cl)C2)C(=O)N2CCC[C@H]2C(=O)NC2(CCCC2)C(=O)N(C)[C@@H](C(C)C)C(=O)N(C)[C@H](C(=O)N2CCCCC2)CC(=O)N1C. The van der Waals surface area contributed by atoms with Crippen molar-refractivity contribution in [1.82, 2.24) is 60.0 Å². The smallest absolute Gasteiger partial charge is 0.343 e. The number of likely N-dealkylation sites (N-methyl/N-ethyl adjacent to an activating group) is 6. The highest BCUT2D eigenvalue weighted by molar-refractivity contribution is 6.21. The summed E-state index contributed by atoms with van der Waals surface area (Å²) >= 11 is 6.41. The summed E-state index contributed by atoms with van der Waals surface area (Å²) in [4.78, 5) is 193. The number of piperidine rings is 1. The molecule has 28 heteroatoms. The van der Waals surface area contributed by atoms with Crippen LogP contribution in [0.4, 0.5) is 13.2 Å². The van der Waals surface area contributed by atoms with Gasteiger partial charge < -0.3 is 60.0 Å². The molecule has 4 aliphatic heterocycles. The van der Waals surface area contributed by atoms with Gasteiger partial charge in [0.1, 0.15) is 59.9 Å². The molecular weight excluding hydrogens is 1330 g/mol.